The van der Waals surface area contributed by atoms with E-state index in [9.17, 15) is 0 Å². The van der Waals surface area contributed by atoms with E-state index in [1.165, 1.54) is 32.4 Å². The number of piperidine rings is 1. The average molecular weight is 505 g/mol. The van der Waals surface area contributed by atoms with E-state index in [1.54, 1.807) is 6.33 Å². The molecule has 1 atom stereocenters. The number of nitrogens with one attached hydrogen (secondary N) is 2. The third-order valence-electron chi connectivity index (χ3n) is 5.13. The Labute approximate surface area is 188 Å². The lowest BCUT2D eigenvalue weighted by Crippen LogP contribution is -2.42. The van der Waals surface area contributed by atoms with Gasteiger partial charge < -0.3 is 20.1 Å². The molecule has 0 aliphatic carbocycles. The van der Waals surface area contributed by atoms with E-state index in [4.69, 9.17) is 4.99 Å². The minimum Gasteiger partial charge on any atom is -0.356 e. The molecule has 1 aliphatic heterocycles. The third kappa shape index (κ3) is 9.07. The first kappa shape index (κ1) is 25.1. The zero-order valence-electron chi connectivity index (χ0n) is 18.2. The maximum atomic E-state index is 4.72. The molecule has 1 fully saturated rings. The predicted molar refractivity (Wildman–Crippen MR) is 127 cm³/mol. The molecule has 1 aliphatic rings. The van der Waals surface area contributed by atoms with E-state index in [-0.39, 0.29) is 24.0 Å². The monoisotopic (exact) mass is 505 g/mol. The molecule has 0 aromatic carbocycles. The van der Waals surface area contributed by atoms with E-state index >= 15 is 0 Å². The second-order valence-electron chi connectivity index (χ2n) is 7.97. The molecule has 1 unspecified atom stereocenters. The van der Waals surface area contributed by atoms with E-state index in [0.717, 1.165) is 56.8 Å². The molecule has 2 rings (SSSR count). The van der Waals surface area contributed by atoms with Gasteiger partial charge in [-0.1, -0.05) is 27.2 Å². The van der Waals surface area contributed by atoms with Gasteiger partial charge in [-0.25, -0.2) is 0 Å². The topological polar surface area (TPSA) is 70.4 Å². The van der Waals surface area contributed by atoms with Gasteiger partial charge in [0.1, 0.15) is 12.2 Å². The fourth-order valence-corrected chi connectivity index (χ4v) is 3.46. The Morgan fingerprint density at radius 2 is 2.04 bits per heavy atom. The summed E-state index contributed by atoms with van der Waals surface area (Å²) in [6, 6.07) is 0.738. The number of aromatic nitrogens is 3. The lowest BCUT2D eigenvalue weighted by molar-refractivity contribution is 0.159. The Morgan fingerprint density at radius 3 is 2.75 bits per heavy atom. The largest absolute Gasteiger partial charge is 0.356 e. The second-order valence-corrected chi connectivity index (χ2v) is 7.97. The Hall–Kier alpha value is -0.900. The summed E-state index contributed by atoms with van der Waals surface area (Å²) in [7, 11) is 0. The van der Waals surface area contributed by atoms with Gasteiger partial charge in [0.25, 0.3) is 0 Å². The van der Waals surface area contributed by atoms with Crippen LogP contribution in [0.1, 0.15) is 59.2 Å². The molecule has 8 heteroatoms. The molecule has 2 heterocycles. The first-order valence-corrected chi connectivity index (χ1v) is 10.7. The summed E-state index contributed by atoms with van der Waals surface area (Å²) in [4.78, 5) is 7.35. The lowest BCUT2D eigenvalue weighted by atomic mass is 10.0. The van der Waals surface area contributed by atoms with Crippen LogP contribution in [-0.2, 0) is 13.0 Å². The standard InChI is InChI=1S/C20H39N7.HI/c1-5-19-25-24-16-27(19)14-11-22-20(23-15-17(2)3)21-10-8-13-26-12-7-6-9-18(26)4;/h16-18H,5-15H2,1-4H3,(H2,21,22,23);1H. The van der Waals surface area contributed by atoms with Crippen LogP contribution in [0.3, 0.4) is 0 Å². The normalized spacial score (nSPS) is 18.2. The number of nitrogens with zero attached hydrogens (tertiary/aromatic N) is 5. The fraction of sp³-hybridized carbons (Fsp3) is 0.850. The van der Waals surface area contributed by atoms with Gasteiger partial charge in [-0.15, -0.1) is 34.2 Å². The Morgan fingerprint density at radius 1 is 1.25 bits per heavy atom. The third-order valence-corrected chi connectivity index (χ3v) is 5.13. The first-order chi connectivity index (χ1) is 13.1. The molecule has 28 heavy (non-hydrogen) atoms. The Kier molecular flexibility index (Phi) is 12.7. The molecule has 7 nitrogen and oxygen atoms in total. The van der Waals surface area contributed by atoms with Crippen LogP contribution in [-0.4, -0.2) is 64.4 Å². The van der Waals surface area contributed by atoms with Crippen molar-refractivity contribution in [3.63, 3.8) is 0 Å². The number of aryl methyl sites for hydroxylation is 1. The molecule has 0 amide bonds. The molecular formula is C20H40IN7. The molecule has 0 bridgehead atoms. The van der Waals surface area contributed by atoms with Gasteiger partial charge in [0.15, 0.2) is 5.96 Å². The van der Waals surface area contributed by atoms with Crippen LogP contribution in [0.2, 0.25) is 0 Å². The number of rotatable bonds is 10. The number of hydrogen-bond acceptors (Lipinski definition) is 4. The van der Waals surface area contributed by atoms with Gasteiger partial charge >= 0.3 is 0 Å². The van der Waals surface area contributed by atoms with Crippen LogP contribution in [0.5, 0.6) is 0 Å². The predicted octanol–water partition coefficient (Wildman–Crippen LogP) is 2.91. The maximum absolute atomic E-state index is 4.72. The molecule has 162 valence electrons. The smallest absolute Gasteiger partial charge is 0.191 e. The second kappa shape index (κ2) is 14.1. The van der Waals surface area contributed by atoms with Crippen molar-refractivity contribution in [2.45, 2.75) is 72.4 Å². The van der Waals surface area contributed by atoms with Crippen molar-refractivity contribution in [1.29, 1.82) is 0 Å². The van der Waals surface area contributed by atoms with Gasteiger partial charge in [0.2, 0.25) is 0 Å². The zero-order chi connectivity index (χ0) is 19.5. The highest BCUT2D eigenvalue weighted by Gasteiger charge is 2.17. The highest BCUT2D eigenvalue weighted by Crippen LogP contribution is 2.15. The first-order valence-electron chi connectivity index (χ1n) is 10.7. The SMILES string of the molecule is CCc1nncn1CCNC(=NCC(C)C)NCCCN1CCCCC1C.I. The molecular weight excluding hydrogens is 465 g/mol. The highest BCUT2D eigenvalue weighted by molar-refractivity contribution is 14.0. The van der Waals surface area contributed by atoms with Crippen molar-refractivity contribution in [3.8, 4) is 0 Å². The summed E-state index contributed by atoms with van der Waals surface area (Å²) >= 11 is 0. The van der Waals surface area contributed by atoms with Crippen molar-refractivity contribution in [2.24, 2.45) is 10.9 Å². The minimum absolute atomic E-state index is 0. The van der Waals surface area contributed by atoms with Gasteiger partial charge in [-0.05, 0) is 38.6 Å². The summed E-state index contributed by atoms with van der Waals surface area (Å²) in [5.74, 6) is 2.50. The quantitative estimate of drug-likeness (QED) is 0.222. The van der Waals surface area contributed by atoms with Crippen LogP contribution in [0, 0.1) is 5.92 Å². The van der Waals surface area contributed by atoms with Crippen molar-refractivity contribution in [2.75, 3.05) is 32.7 Å². The minimum atomic E-state index is 0. The van der Waals surface area contributed by atoms with Crippen LogP contribution in [0.15, 0.2) is 11.3 Å². The summed E-state index contributed by atoms with van der Waals surface area (Å²) in [6.45, 7) is 14.8. The lowest BCUT2D eigenvalue weighted by Gasteiger charge is -2.33. The summed E-state index contributed by atoms with van der Waals surface area (Å²) < 4.78 is 2.10. The van der Waals surface area contributed by atoms with Crippen molar-refractivity contribution >= 4 is 29.9 Å². The average Bonchev–Trinajstić information content (AvgIpc) is 3.11. The number of aliphatic imine (C=N–C) groups is 1. The van der Waals surface area contributed by atoms with Gasteiger partial charge in [0, 0.05) is 45.2 Å². The number of halogens is 1. The molecule has 0 radical (unpaired) electrons. The van der Waals surface area contributed by atoms with E-state index in [2.05, 4.69) is 58.0 Å². The summed E-state index contributed by atoms with van der Waals surface area (Å²) in [5.41, 5.74) is 0. The number of hydrogen-bond donors (Lipinski definition) is 2. The Bertz CT molecular complexity index is 559. The van der Waals surface area contributed by atoms with Gasteiger partial charge in [-0.3, -0.25) is 4.99 Å². The van der Waals surface area contributed by atoms with Crippen LogP contribution >= 0.6 is 24.0 Å². The maximum Gasteiger partial charge on any atom is 0.191 e. The molecule has 0 spiro atoms. The molecule has 0 saturated carbocycles. The molecule has 1 aromatic rings. The number of likely N-dealkylation sites (tertiary alicyclic amines) is 1. The van der Waals surface area contributed by atoms with E-state index < -0.39 is 0 Å². The molecule has 1 saturated heterocycles. The summed E-state index contributed by atoms with van der Waals surface area (Å²) in [6.07, 6.45) is 7.94. The van der Waals surface area contributed by atoms with Crippen LogP contribution < -0.4 is 10.6 Å². The number of guanidine groups is 1. The zero-order valence-corrected chi connectivity index (χ0v) is 20.5. The van der Waals surface area contributed by atoms with Gasteiger partial charge in [-0.2, -0.15) is 0 Å². The van der Waals surface area contributed by atoms with Crippen LogP contribution in [0.25, 0.3) is 0 Å². The van der Waals surface area contributed by atoms with Crippen LogP contribution in [0.4, 0.5) is 0 Å². The van der Waals surface area contributed by atoms with E-state index in [1.807, 2.05) is 0 Å². The van der Waals surface area contributed by atoms with Gasteiger partial charge in [0.05, 0.1) is 0 Å². The summed E-state index contributed by atoms with van der Waals surface area (Å²) in [5, 5.41) is 15.1. The van der Waals surface area contributed by atoms with E-state index in [0.29, 0.717) is 5.92 Å². The van der Waals surface area contributed by atoms with Crippen molar-refractivity contribution in [1.82, 2.24) is 30.3 Å². The van der Waals surface area contributed by atoms with Crippen molar-refractivity contribution in [3.05, 3.63) is 12.2 Å². The van der Waals surface area contributed by atoms with Crippen molar-refractivity contribution < 1.29 is 0 Å². The molecule has 2 N–H and O–H groups in total. The fourth-order valence-electron chi connectivity index (χ4n) is 3.46. The highest BCUT2D eigenvalue weighted by atomic mass is 127. The Balaban J connectivity index is 0.00000392. The molecule has 1 aromatic heterocycles.